The highest BCUT2D eigenvalue weighted by Crippen LogP contribution is 2.14. The number of allylic oxidation sites excluding steroid dienone is 2. The summed E-state index contributed by atoms with van der Waals surface area (Å²) < 4.78 is 5.43. The SMILES string of the molecule is CCCCCCCC/C=C/CCCCCCCCCCCCOC(=O)CCCCCCCCCCCCC. The second-order valence-electron chi connectivity index (χ2n) is 11.9. The lowest BCUT2D eigenvalue weighted by atomic mass is 10.1. The van der Waals surface area contributed by atoms with Crippen LogP contribution in [0, 0.1) is 0 Å². The molecular weight excluding hydrogens is 464 g/mol. The zero-order valence-electron chi connectivity index (χ0n) is 26.4. The molecule has 2 heteroatoms. The van der Waals surface area contributed by atoms with Crippen LogP contribution in [0.4, 0.5) is 0 Å². The monoisotopic (exact) mass is 535 g/mol. The third-order valence-electron chi connectivity index (χ3n) is 7.90. The summed E-state index contributed by atoms with van der Waals surface area (Å²) in [5.74, 6) is 0.0224. The van der Waals surface area contributed by atoms with Crippen molar-refractivity contribution in [2.45, 2.75) is 206 Å². The Morgan fingerprint density at radius 1 is 0.421 bits per heavy atom. The summed E-state index contributed by atoms with van der Waals surface area (Å²) in [5.41, 5.74) is 0. The Hall–Kier alpha value is -0.790. The number of hydrogen-bond acceptors (Lipinski definition) is 2. The molecule has 0 aromatic rings. The van der Waals surface area contributed by atoms with Gasteiger partial charge in [0.1, 0.15) is 0 Å². The van der Waals surface area contributed by atoms with Crippen molar-refractivity contribution in [2.75, 3.05) is 6.61 Å². The minimum absolute atomic E-state index is 0.0224. The van der Waals surface area contributed by atoms with Gasteiger partial charge in [0.05, 0.1) is 6.61 Å². The van der Waals surface area contributed by atoms with Crippen molar-refractivity contribution in [3.8, 4) is 0 Å². The lowest BCUT2D eigenvalue weighted by molar-refractivity contribution is -0.143. The Bertz CT molecular complexity index is 470. The van der Waals surface area contributed by atoms with Crippen LogP contribution in [0.5, 0.6) is 0 Å². The fraction of sp³-hybridized carbons (Fsp3) is 0.917. The molecule has 0 aromatic carbocycles. The van der Waals surface area contributed by atoms with E-state index < -0.39 is 0 Å². The van der Waals surface area contributed by atoms with Gasteiger partial charge in [0.15, 0.2) is 0 Å². The molecule has 0 aliphatic heterocycles. The second kappa shape index (κ2) is 34.2. The van der Waals surface area contributed by atoms with Gasteiger partial charge in [-0.15, -0.1) is 0 Å². The average Bonchev–Trinajstić information content (AvgIpc) is 2.92. The van der Waals surface area contributed by atoms with Gasteiger partial charge < -0.3 is 4.74 Å². The predicted octanol–water partition coefficient (Wildman–Crippen LogP) is 12.8. The Morgan fingerprint density at radius 2 is 0.737 bits per heavy atom. The molecule has 0 unspecified atom stereocenters. The summed E-state index contributed by atoms with van der Waals surface area (Å²) in [6, 6.07) is 0. The highest BCUT2D eigenvalue weighted by atomic mass is 16.5. The molecule has 0 saturated heterocycles. The summed E-state index contributed by atoms with van der Waals surface area (Å²) in [4.78, 5) is 11.9. The lowest BCUT2D eigenvalue weighted by Gasteiger charge is -2.06. The Morgan fingerprint density at radius 3 is 1.13 bits per heavy atom. The summed E-state index contributed by atoms with van der Waals surface area (Å²) >= 11 is 0. The molecule has 0 aliphatic carbocycles. The number of esters is 1. The van der Waals surface area contributed by atoms with Gasteiger partial charge in [-0.2, -0.15) is 0 Å². The Labute approximate surface area is 240 Å². The number of carbonyl (C=O) groups is 1. The third-order valence-corrected chi connectivity index (χ3v) is 7.90. The number of hydrogen-bond donors (Lipinski definition) is 0. The summed E-state index contributed by atoms with van der Waals surface area (Å²) in [5, 5.41) is 0. The van der Waals surface area contributed by atoms with Crippen LogP contribution >= 0.6 is 0 Å². The van der Waals surface area contributed by atoms with Crippen molar-refractivity contribution in [1.82, 2.24) is 0 Å². The summed E-state index contributed by atoms with van der Waals surface area (Å²) in [7, 11) is 0. The van der Waals surface area contributed by atoms with E-state index in [0.29, 0.717) is 13.0 Å². The maximum absolute atomic E-state index is 11.9. The fourth-order valence-corrected chi connectivity index (χ4v) is 5.25. The first-order valence-corrected chi connectivity index (χ1v) is 17.6. The maximum atomic E-state index is 11.9. The number of ether oxygens (including phenoxy) is 1. The van der Waals surface area contributed by atoms with E-state index in [1.54, 1.807) is 0 Å². The van der Waals surface area contributed by atoms with E-state index in [4.69, 9.17) is 4.74 Å². The molecule has 0 amide bonds. The molecule has 0 saturated carbocycles. The highest BCUT2D eigenvalue weighted by molar-refractivity contribution is 5.69. The average molecular weight is 535 g/mol. The molecule has 0 bridgehead atoms. The topological polar surface area (TPSA) is 26.3 Å². The first-order chi connectivity index (χ1) is 18.8. The van der Waals surface area contributed by atoms with Crippen molar-refractivity contribution in [1.29, 1.82) is 0 Å². The van der Waals surface area contributed by atoms with Gasteiger partial charge in [-0.05, 0) is 38.5 Å². The number of carbonyl (C=O) groups excluding carboxylic acids is 1. The van der Waals surface area contributed by atoms with Gasteiger partial charge in [0.25, 0.3) is 0 Å². The molecule has 0 fully saturated rings. The van der Waals surface area contributed by atoms with Gasteiger partial charge in [0, 0.05) is 6.42 Å². The summed E-state index contributed by atoms with van der Waals surface area (Å²) in [6.45, 7) is 5.19. The number of rotatable bonds is 32. The van der Waals surface area contributed by atoms with Crippen molar-refractivity contribution in [2.24, 2.45) is 0 Å². The van der Waals surface area contributed by atoms with E-state index in [1.165, 1.54) is 173 Å². The third kappa shape index (κ3) is 33.2. The second-order valence-corrected chi connectivity index (χ2v) is 11.9. The molecule has 0 spiro atoms. The van der Waals surface area contributed by atoms with Crippen molar-refractivity contribution >= 4 is 5.97 Å². The van der Waals surface area contributed by atoms with Crippen molar-refractivity contribution in [3.63, 3.8) is 0 Å². The molecule has 0 aromatic heterocycles. The largest absolute Gasteiger partial charge is 0.466 e. The van der Waals surface area contributed by atoms with Crippen LogP contribution in [0.1, 0.15) is 206 Å². The smallest absolute Gasteiger partial charge is 0.305 e. The van der Waals surface area contributed by atoms with Crippen LogP contribution in [0.25, 0.3) is 0 Å². The quantitative estimate of drug-likeness (QED) is 0.0487. The zero-order chi connectivity index (χ0) is 27.6. The van der Waals surface area contributed by atoms with Crippen molar-refractivity contribution in [3.05, 3.63) is 12.2 Å². The van der Waals surface area contributed by atoms with Crippen LogP contribution in [-0.4, -0.2) is 12.6 Å². The first-order valence-electron chi connectivity index (χ1n) is 17.6. The fourth-order valence-electron chi connectivity index (χ4n) is 5.25. The van der Waals surface area contributed by atoms with E-state index in [0.717, 1.165) is 12.8 Å². The minimum Gasteiger partial charge on any atom is -0.466 e. The molecule has 0 rings (SSSR count). The molecule has 0 radical (unpaired) electrons. The van der Waals surface area contributed by atoms with Crippen LogP contribution in [-0.2, 0) is 9.53 Å². The summed E-state index contributed by atoms with van der Waals surface area (Å²) in [6.07, 6.45) is 44.1. The lowest BCUT2D eigenvalue weighted by Crippen LogP contribution is -2.05. The molecular formula is C36H70O2. The van der Waals surface area contributed by atoms with Gasteiger partial charge in [-0.1, -0.05) is 174 Å². The van der Waals surface area contributed by atoms with E-state index in [1.807, 2.05) is 0 Å². The van der Waals surface area contributed by atoms with Gasteiger partial charge in [0.2, 0.25) is 0 Å². The normalized spacial score (nSPS) is 11.5. The molecule has 0 heterocycles. The van der Waals surface area contributed by atoms with E-state index in [2.05, 4.69) is 26.0 Å². The standard InChI is InChI=1S/C36H70O2/c1-3-5-7-9-11-13-15-16-17-18-19-20-21-22-23-25-27-29-31-33-35-38-36(37)34-32-30-28-26-24-14-12-10-8-6-4-2/h16-17H,3-15,18-35H2,1-2H3/b17-16+. The van der Waals surface area contributed by atoms with E-state index >= 15 is 0 Å². The Kier molecular flexibility index (Phi) is 33.5. The van der Waals surface area contributed by atoms with E-state index in [9.17, 15) is 4.79 Å². The number of unbranched alkanes of at least 4 members (excludes halogenated alkanes) is 26. The molecule has 0 atom stereocenters. The molecule has 2 nitrogen and oxygen atoms in total. The highest BCUT2D eigenvalue weighted by Gasteiger charge is 2.02. The van der Waals surface area contributed by atoms with Crippen LogP contribution in [0.2, 0.25) is 0 Å². The first kappa shape index (κ1) is 37.2. The van der Waals surface area contributed by atoms with Gasteiger partial charge in [-0.3, -0.25) is 4.79 Å². The maximum Gasteiger partial charge on any atom is 0.305 e. The van der Waals surface area contributed by atoms with Crippen LogP contribution in [0.15, 0.2) is 12.2 Å². The molecule has 0 N–H and O–H groups in total. The molecule has 226 valence electrons. The van der Waals surface area contributed by atoms with Crippen LogP contribution < -0.4 is 0 Å². The predicted molar refractivity (Wildman–Crippen MR) is 170 cm³/mol. The zero-order valence-corrected chi connectivity index (χ0v) is 26.4. The van der Waals surface area contributed by atoms with Crippen molar-refractivity contribution < 1.29 is 9.53 Å². The molecule has 0 aliphatic rings. The van der Waals surface area contributed by atoms with Crippen LogP contribution in [0.3, 0.4) is 0 Å². The minimum atomic E-state index is 0.0224. The molecule has 38 heavy (non-hydrogen) atoms. The van der Waals surface area contributed by atoms with E-state index in [-0.39, 0.29) is 5.97 Å². The van der Waals surface area contributed by atoms with Gasteiger partial charge >= 0.3 is 5.97 Å². The van der Waals surface area contributed by atoms with Gasteiger partial charge in [-0.25, -0.2) is 0 Å². The Balaban J connectivity index is 3.17.